The smallest absolute Gasteiger partial charge is 0.254 e. The second-order valence-corrected chi connectivity index (χ2v) is 5.39. The number of piperidine rings is 1. The van der Waals surface area contributed by atoms with E-state index in [0.717, 1.165) is 45.4 Å². The maximum atomic E-state index is 12.5. The van der Waals surface area contributed by atoms with Gasteiger partial charge < -0.3 is 15.2 Å². The lowest BCUT2D eigenvalue weighted by molar-refractivity contribution is 0.0716. The summed E-state index contributed by atoms with van der Waals surface area (Å²) in [6, 6.07) is 3.06. The molecule has 20 heavy (non-hydrogen) atoms. The quantitative estimate of drug-likeness (QED) is 0.850. The van der Waals surface area contributed by atoms with Crippen LogP contribution in [0.4, 0.5) is 0 Å². The van der Waals surface area contributed by atoms with Crippen molar-refractivity contribution in [3.63, 3.8) is 0 Å². The fourth-order valence-electron chi connectivity index (χ4n) is 2.68. The van der Waals surface area contributed by atoms with Gasteiger partial charge >= 0.3 is 0 Å². The number of aromatic amines is 1. The Hall–Kier alpha value is -1.62. The molecule has 1 fully saturated rings. The minimum atomic E-state index is -0.228. The van der Waals surface area contributed by atoms with Crippen LogP contribution in [0.2, 0.25) is 0 Å². The summed E-state index contributed by atoms with van der Waals surface area (Å²) in [5.74, 6) is 0.533. The molecule has 2 N–H and O–H groups in total. The molecule has 110 valence electrons. The van der Waals surface area contributed by atoms with Gasteiger partial charge in [-0.3, -0.25) is 9.59 Å². The van der Waals surface area contributed by atoms with E-state index >= 15 is 0 Å². The number of carbonyl (C=O) groups excluding carboxylic acids is 1. The van der Waals surface area contributed by atoms with Gasteiger partial charge in [0.25, 0.3) is 5.91 Å². The van der Waals surface area contributed by atoms with Crippen LogP contribution in [0.5, 0.6) is 0 Å². The number of pyridine rings is 1. The second-order valence-electron chi connectivity index (χ2n) is 5.39. The minimum Gasteiger partial charge on any atom is -0.338 e. The zero-order chi connectivity index (χ0) is 14.4. The van der Waals surface area contributed by atoms with Crippen LogP contribution in [0.25, 0.3) is 0 Å². The van der Waals surface area contributed by atoms with Gasteiger partial charge in [-0.25, -0.2) is 0 Å². The summed E-state index contributed by atoms with van der Waals surface area (Å²) in [7, 11) is 0. The number of H-pyrrole nitrogens is 1. The van der Waals surface area contributed by atoms with Crippen LogP contribution in [-0.2, 0) is 0 Å². The Morgan fingerprint density at radius 2 is 2.15 bits per heavy atom. The molecule has 1 aromatic heterocycles. The van der Waals surface area contributed by atoms with E-state index in [2.05, 4.69) is 17.2 Å². The van der Waals surface area contributed by atoms with Crippen molar-refractivity contribution in [1.82, 2.24) is 15.2 Å². The fraction of sp³-hybridized carbons (Fsp3) is 0.600. The highest BCUT2D eigenvalue weighted by Crippen LogP contribution is 2.15. The first-order valence-electron chi connectivity index (χ1n) is 7.39. The molecule has 1 saturated heterocycles. The van der Waals surface area contributed by atoms with Crippen molar-refractivity contribution in [2.45, 2.75) is 26.2 Å². The van der Waals surface area contributed by atoms with E-state index in [4.69, 9.17) is 0 Å². The Balaban J connectivity index is 2.06. The summed E-state index contributed by atoms with van der Waals surface area (Å²) in [6.45, 7) is 5.67. The van der Waals surface area contributed by atoms with Crippen LogP contribution in [0, 0.1) is 5.92 Å². The van der Waals surface area contributed by atoms with Gasteiger partial charge in [-0.15, -0.1) is 0 Å². The average Bonchev–Trinajstić information content (AvgIpc) is 2.47. The molecule has 1 amide bonds. The number of aromatic nitrogens is 1. The maximum Gasteiger partial charge on any atom is 0.254 e. The molecule has 5 heteroatoms. The summed E-state index contributed by atoms with van der Waals surface area (Å²) in [4.78, 5) is 28.3. The molecule has 0 aliphatic carbocycles. The van der Waals surface area contributed by atoms with Gasteiger partial charge in [0.05, 0.1) is 0 Å². The molecule has 0 unspecified atom stereocenters. The molecule has 0 aromatic carbocycles. The molecule has 2 heterocycles. The highest BCUT2D eigenvalue weighted by Gasteiger charge is 2.21. The lowest BCUT2D eigenvalue weighted by Gasteiger charge is -2.30. The van der Waals surface area contributed by atoms with Crippen LogP contribution in [0.3, 0.4) is 0 Å². The SMILES string of the molecule is CCCN(CC1CCNCC1)C(=O)c1cc[nH]c(=O)c1. The van der Waals surface area contributed by atoms with Crippen LogP contribution in [-0.4, -0.2) is 42.0 Å². The van der Waals surface area contributed by atoms with Crippen molar-refractivity contribution in [1.29, 1.82) is 0 Å². The lowest BCUT2D eigenvalue weighted by Crippen LogP contribution is -2.40. The highest BCUT2D eigenvalue weighted by molar-refractivity contribution is 5.94. The molecular weight excluding hydrogens is 254 g/mol. The molecule has 0 radical (unpaired) electrons. The molecule has 1 aliphatic rings. The van der Waals surface area contributed by atoms with E-state index in [-0.39, 0.29) is 11.5 Å². The van der Waals surface area contributed by atoms with Crippen molar-refractivity contribution < 1.29 is 4.79 Å². The first kappa shape index (κ1) is 14.8. The predicted octanol–water partition coefficient (Wildman–Crippen LogP) is 1.23. The van der Waals surface area contributed by atoms with Gasteiger partial charge in [-0.2, -0.15) is 0 Å². The second kappa shape index (κ2) is 7.24. The molecule has 0 spiro atoms. The zero-order valence-corrected chi connectivity index (χ0v) is 12.0. The van der Waals surface area contributed by atoms with Gasteiger partial charge in [0, 0.05) is 30.9 Å². The fourth-order valence-corrected chi connectivity index (χ4v) is 2.68. The number of carbonyl (C=O) groups is 1. The number of hydrogen-bond acceptors (Lipinski definition) is 3. The number of rotatable bonds is 5. The Morgan fingerprint density at radius 3 is 2.80 bits per heavy atom. The van der Waals surface area contributed by atoms with E-state index in [0.29, 0.717) is 11.5 Å². The Kier molecular flexibility index (Phi) is 5.35. The summed E-state index contributed by atoms with van der Waals surface area (Å²) in [5, 5.41) is 3.34. The molecule has 0 saturated carbocycles. The standard InChI is InChI=1S/C15H23N3O2/c1-2-9-18(11-12-3-6-16-7-4-12)15(20)13-5-8-17-14(19)10-13/h5,8,10,12,16H,2-4,6-7,9,11H2,1H3,(H,17,19). The van der Waals surface area contributed by atoms with Crippen molar-refractivity contribution in [3.05, 3.63) is 34.2 Å². The highest BCUT2D eigenvalue weighted by atomic mass is 16.2. The van der Waals surface area contributed by atoms with Crippen molar-refractivity contribution >= 4 is 5.91 Å². The lowest BCUT2D eigenvalue weighted by atomic mass is 9.97. The van der Waals surface area contributed by atoms with Crippen LogP contribution in [0.15, 0.2) is 23.1 Å². The minimum absolute atomic E-state index is 0.0310. The largest absolute Gasteiger partial charge is 0.338 e. The molecule has 0 bridgehead atoms. The van der Waals surface area contributed by atoms with Crippen molar-refractivity contribution in [2.75, 3.05) is 26.2 Å². The summed E-state index contributed by atoms with van der Waals surface area (Å²) < 4.78 is 0. The molecular formula is C15H23N3O2. The Bertz CT molecular complexity index is 492. The topological polar surface area (TPSA) is 65.2 Å². The van der Waals surface area contributed by atoms with Gasteiger partial charge in [-0.1, -0.05) is 6.92 Å². The van der Waals surface area contributed by atoms with Gasteiger partial charge in [0.1, 0.15) is 0 Å². The van der Waals surface area contributed by atoms with E-state index < -0.39 is 0 Å². The van der Waals surface area contributed by atoms with E-state index in [1.165, 1.54) is 12.3 Å². The normalized spacial score (nSPS) is 16.1. The third-order valence-corrected chi connectivity index (χ3v) is 3.74. The number of hydrogen-bond donors (Lipinski definition) is 2. The van der Waals surface area contributed by atoms with Crippen LogP contribution >= 0.6 is 0 Å². The van der Waals surface area contributed by atoms with E-state index in [9.17, 15) is 9.59 Å². The van der Waals surface area contributed by atoms with Crippen molar-refractivity contribution in [3.8, 4) is 0 Å². The average molecular weight is 277 g/mol. The summed E-state index contributed by atoms with van der Waals surface area (Å²) in [5.41, 5.74) is 0.255. The number of nitrogens with one attached hydrogen (secondary N) is 2. The van der Waals surface area contributed by atoms with Crippen LogP contribution < -0.4 is 10.9 Å². The monoisotopic (exact) mass is 277 g/mol. The molecule has 0 atom stereocenters. The predicted molar refractivity (Wildman–Crippen MR) is 78.9 cm³/mol. The van der Waals surface area contributed by atoms with Gasteiger partial charge in [-0.05, 0) is 44.3 Å². The maximum absolute atomic E-state index is 12.5. The molecule has 1 aromatic rings. The third-order valence-electron chi connectivity index (χ3n) is 3.74. The van der Waals surface area contributed by atoms with E-state index in [1.54, 1.807) is 6.07 Å². The molecule has 5 nitrogen and oxygen atoms in total. The van der Waals surface area contributed by atoms with Crippen LogP contribution in [0.1, 0.15) is 36.5 Å². The summed E-state index contributed by atoms with van der Waals surface area (Å²) >= 11 is 0. The third kappa shape index (κ3) is 3.93. The van der Waals surface area contributed by atoms with Gasteiger partial charge in [0.15, 0.2) is 0 Å². The van der Waals surface area contributed by atoms with E-state index in [1.807, 2.05) is 4.90 Å². The number of amides is 1. The Morgan fingerprint density at radius 1 is 1.40 bits per heavy atom. The Labute approximate surface area is 119 Å². The molecule has 2 rings (SSSR count). The zero-order valence-electron chi connectivity index (χ0n) is 12.0. The number of nitrogens with zero attached hydrogens (tertiary/aromatic N) is 1. The summed E-state index contributed by atoms with van der Waals surface area (Å²) in [6.07, 6.45) is 4.69. The van der Waals surface area contributed by atoms with Crippen molar-refractivity contribution in [2.24, 2.45) is 5.92 Å². The molecule has 1 aliphatic heterocycles. The first-order chi connectivity index (χ1) is 9.70. The first-order valence-corrected chi connectivity index (χ1v) is 7.39. The van der Waals surface area contributed by atoms with Gasteiger partial charge in [0.2, 0.25) is 5.56 Å².